The molecule has 0 saturated heterocycles. The molecule has 0 amide bonds. The molecule has 0 aliphatic heterocycles. The van der Waals surface area contributed by atoms with E-state index in [0.717, 1.165) is 0 Å². The first kappa shape index (κ1) is 32.5. The average Bonchev–Trinajstić information content (AvgIpc) is 2.33. The predicted molar refractivity (Wildman–Crippen MR) is 67.3 cm³/mol. The molecule has 7 nitrogen and oxygen atoms in total. The van der Waals surface area contributed by atoms with Gasteiger partial charge in [-0.3, -0.25) is 4.79 Å². The monoisotopic (exact) mass is 342 g/mol. The van der Waals surface area contributed by atoms with Crippen molar-refractivity contribution in [3.8, 4) is 0 Å². The Hall–Kier alpha value is -0.466. The van der Waals surface area contributed by atoms with Crippen LogP contribution in [-0.2, 0) is 31.3 Å². The molecule has 0 heterocycles. The van der Waals surface area contributed by atoms with E-state index in [9.17, 15) is 14.7 Å². The van der Waals surface area contributed by atoms with Crippen LogP contribution in [0.1, 0.15) is 47.5 Å². The normalized spacial score (nSPS) is 8.38. The molecular weight excluding hydrogens is 316 g/mol. The Morgan fingerprint density at radius 3 is 1.05 bits per heavy atom. The quantitative estimate of drug-likeness (QED) is 0.447. The van der Waals surface area contributed by atoms with Gasteiger partial charge in [-0.25, -0.2) is 0 Å². The van der Waals surface area contributed by atoms with E-state index in [1.54, 1.807) is 20.8 Å². The summed E-state index contributed by atoms with van der Waals surface area (Å²) in [7, 11) is 0. The molecule has 0 fully saturated rings. The van der Waals surface area contributed by atoms with Crippen molar-refractivity contribution in [1.29, 1.82) is 0 Å². The number of rotatable bonds is 4. The summed E-state index contributed by atoms with van der Waals surface area (Å²) in [6, 6.07) is 0. The van der Waals surface area contributed by atoms with Gasteiger partial charge < -0.3 is 30.3 Å². The Kier molecular flexibility index (Phi) is 38.0. The third-order valence-electron chi connectivity index (χ3n) is 2.01. The van der Waals surface area contributed by atoms with Crippen LogP contribution in [0.4, 0.5) is 0 Å². The van der Waals surface area contributed by atoms with E-state index < -0.39 is 17.4 Å². The molecular formula is C13H26O7Ti. The molecule has 0 aliphatic carbocycles. The van der Waals surface area contributed by atoms with Crippen molar-refractivity contribution in [2.45, 2.75) is 47.5 Å². The van der Waals surface area contributed by atoms with E-state index in [4.69, 9.17) is 20.4 Å². The molecule has 0 aliphatic rings. The largest absolute Gasteiger partial charge is 4.00 e. The minimum atomic E-state index is -1.69. The molecule has 0 spiro atoms. The van der Waals surface area contributed by atoms with E-state index in [1.165, 1.54) is 13.8 Å². The van der Waals surface area contributed by atoms with Gasteiger partial charge in [-0.05, 0) is 12.8 Å². The second-order valence-electron chi connectivity index (χ2n) is 3.25. The van der Waals surface area contributed by atoms with E-state index in [2.05, 4.69) is 0 Å². The predicted octanol–water partition coefficient (Wildman–Crippen LogP) is -2.28. The third-order valence-corrected chi connectivity index (χ3v) is 2.01. The van der Waals surface area contributed by atoms with Gasteiger partial charge in [-0.15, -0.1) is 19.8 Å². The Balaban J connectivity index is -0.0000000711. The van der Waals surface area contributed by atoms with Crippen LogP contribution in [0.15, 0.2) is 0 Å². The molecule has 21 heavy (non-hydrogen) atoms. The average molecular weight is 342 g/mol. The van der Waals surface area contributed by atoms with Crippen LogP contribution in [0, 0.1) is 5.41 Å². The van der Waals surface area contributed by atoms with Gasteiger partial charge in [0.25, 0.3) is 0 Å². The zero-order valence-electron chi connectivity index (χ0n) is 13.4. The molecule has 8 heteroatoms. The van der Waals surface area contributed by atoms with Crippen molar-refractivity contribution >= 4 is 11.9 Å². The minimum Gasteiger partial charge on any atom is -0.855 e. The van der Waals surface area contributed by atoms with Gasteiger partial charge in [0.05, 0.1) is 5.97 Å². The van der Waals surface area contributed by atoms with Crippen LogP contribution in [0.2, 0.25) is 0 Å². The number of hydrogen-bond donors (Lipinski definition) is 1. The maximum Gasteiger partial charge on any atom is 4.00 e. The topological polar surface area (TPSA) is 147 Å². The smallest absolute Gasteiger partial charge is 0.855 e. The van der Waals surface area contributed by atoms with Crippen LogP contribution in [0.3, 0.4) is 0 Å². The summed E-state index contributed by atoms with van der Waals surface area (Å²) in [6.45, 7) is 7.75. The number of hydrogen-bond acceptors (Lipinski definition) is 6. The van der Waals surface area contributed by atoms with Gasteiger partial charge >= 0.3 is 27.7 Å². The van der Waals surface area contributed by atoms with Crippen molar-refractivity contribution in [3.63, 3.8) is 0 Å². The van der Waals surface area contributed by atoms with Crippen LogP contribution in [-0.4, -0.2) is 36.9 Å². The molecule has 0 atom stereocenters. The Labute approximate surface area is 141 Å². The van der Waals surface area contributed by atoms with Crippen LogP contribution < -0.4 is 20.4 Å². The summed E-state index contributed by atoms with van der Waals surface area (Å²) in [6.07, 6.45) is 0.113. The summed E-state index contributed by atoms with van der Waals surface area (Å²) in [5.74, 6) is -2.82. The molecule has 0 bridgehead atoms. The molecule has 0 rings (SSSR count). The molecule has 124 valence electrons. The minimum absolute atomic E-state index is 0. The Bertz CT molecular complexity index is 198. The number of aliphatic carboxylic acids is 2. The van der Waals surface area contributed by atoms with Crippen LogP contribution in [0.5, 0.6) is 0 Å². The zero-order valence-corrected chi connectivity index (χ0v) is 15.0. The van der Waals surface area contributed by atoms with Crippen LogP contribution in [0.25, 0.3) is 0 Å². The van der Waals surface area contributed by atoms with Crippen molar-refractivity contribution in [1.82, 2.24) is 0 Å². The van der Waals surface area contributed by atoms with Gasteiger partial charge in [0.2, 0.25) is 0 Å². The maximum absolute atomic E-state index is 10.5. The molecule has 1 N–H and O–H groups in total. The van der Waals surface area contributed by atoms with E-state index >= 15 is 0 Å². The summed E-state index contributed by atoms with van der Waals surface area (Å²) in [5, 5.41) is 45.8. The third kappa shape index (κ3) is 19.5. The fourth-order valence-electron chi connectivity index (χ4n) is 0.928. The molecule has 0 aromatic carbocycles. The number of carboxylic acid groups (broad SMARTS) is 2. The van der Waals surface area contributed by atoms with Crippen molar-refractivity contribution < 1.29 is 56.8 Å². The van der Waals surface area contributed by atoms with Crippen molar-refractivity contribution in [2.24, 2.45) is 5.41 Å². The molecule has 0 aromatic rings. The number of carboxylic acids is 2. The van der Waals surface area contributed by atoms with E-state index in [-0.39, 0.29) is 54.4 Å². The summed E-state index contributed by atoms with van der Waals surface area (Å²) in [5.41, 5.74) is -1.69. The van der Waals surface area contributed by atoms with Crippen molar-refractivity contribution in [3.05, 3.63) is 0 Å². The molecule has 0 aromatic heterocycles. The second kappa shape index (κ2) is 24.5. The molecule has 0 unspecified atom stereocenters. The van der Waals surface area contributed by atoms with Crippen molar-refractivity contribution in [2.75, 3.05) is 19.8 Å². The van der Waals surface area contributed by atoms with Gasteiger partial charge in [0.1, 0.15) is 5.41 Å². The van der Waals surface area contributed by atoms with Crippen LogP contribution >= 0.6 is 0 Å². The maximum atomic E-state index is 10.5. The van der Waals surface area contributed by atoms with Gasteiger partial charge in [0.15, 0.2) is 0 Å². The first-order valence-electron chi connectivity index (χ1n) is 6.44. The summed E-state index contributed by atoms with van der Waals surface area (Å²) in [4.78, 5) is 20.9. The molecule has 0 radical (unpaired) electrons. The van der Waals surface area contributed by atoms with Gasteiger partial charge in [-0.2, -0.15) is 0 Å². The fourth-order valence-corrected chi connectivity index (χ4v) is 0.928. The number of carbonyl (C=O) groups is 2. The SMILES string of the molecule is CCC(CC)(C(=O)[O-])C(=O)O.CC[O-].CC[O-].CC[O-].[Ti+4]. The first-order valence-corrected chi connectivity index (χ1v) is 6.44. The Morgan fingerprint density at radius 1 is 0.857 bits per heavy atom. The van der Waals surface area contributed by atoms with Gasteiger partial charge in [0, 0.05) is 0 Å². The zero-order chi connectivity index (χ0) is 17.2. The second-order valence-corrected chi connectivity index (χ2v) is 3.25. The number of carbonyl (C=O) groups excluding carboxylic acids is 1. The van der Waals surface area contributed by atoms with E-state index in [1.807, 2.05) is 0 Å². The van der Waals surface area contributed by atoms with E-state index in [0.29, 0.717) is 0 Å². The first-order chi connectivity index (χ1) is 9.25. The summed E-state index contributed by atoms with van der Waals surface area (Å²) >= 11 is 0. The fraction of sp³-hybridized carbons (Fsp3) is 0.846. The molecule has 0 saturated carbocycles. The van der Waals surface area contributed by atoms with Gasteiger partial charge in [-0.1, -0.05) is 34.6 Å². The standard InChI is InChI=1S/C7H12O4.3C2H5O.Ti/c1-3-7(4-2,5(8)9)6(10)11;3*1-2-3;/h3-4H2,1-2H3,(H,8,9)(H,10,11);3*2H2,1H3;/q;3*-1;+4/p-1. The summed E-state index contributed by atoms with van der Waals surface area (Å²) < 4.78 is 0. The Morgan fingerprint density at radius 2 is 1.05 bits per heavy atom.